The Balaban J connectivity index is 1.57. The summed E-state index contributed by atoms with van der Waals surface area (Å²) in [5, 5.41) is 4.01. The third kappa shape index (κ3) is 4.38. The Morgan fingerprint density at radius 2 is 1.80 bits per heavy atom. The predicted octanol–water partition coefficient (Wildman–Crippen LogP) is 3.17. The Hall–Kier alpha value is -3.28. The summed E-state index contributed by atoms with van der Waals surface area (Å²) >= 11 is 0. The van der Waals surface area contributed by atoms with Gasteiger partial charge in [-0.15, -0.1) is 0 Å². The molecule has 2 N–H and O–H groups in total. The smallest absolute Gasteiger partial charge is 0.258 e. The van der Waals surface area contributed by atoms with Gasteiger partial charge in [-0.3, -0.25) is 4.79 Å². The van der Waals surface area contributed by atoms with E-state index in [2.05, 4.69) is 5.16 Å². The monoisotopic (exact) mass is 338 g/mol. The van der Waals surface area contributed by atoms with Crippen LogP contribution in [0, 0.1) is 0 Å². The number of hydrogen-bond acceptors (Lipinski definition) is 5. The van der Waals surface area contributed by atoms with Gasteiger partial charge in [-0.05, 0) is 31.2 Å². The minimum Gasteiger partial charge on any atom is -0.487 e. The first-order valence-electron chi connectivity index (χ1n) is 7.81. The van der Waals surface area contributed by atoms with Crippen LogP contribution in [0.15, 0.2) is 65.2 Å². The molecule has 0 aliphatic rings. The van der Waals surface area contributed by atoms with Gasteiger partial charge in [0.1, 0.15) is 23.8 Å². The number of aromatic nitrogens is 1. The molecule has 3 rings (SSSR count). The van der Waals surface area contributed by atoms with Crippen LogP contribution in [0.25, 0.3) is 11.3 Å². The van der Waals surface area contributed by atoms with Crippen molar-refractivity contribution < 1.29 is 18.8 Å². The molecule has 128 valence electrons. The van der Waals surface area contributed by atoms with E-state index < -0.39 is 12.0 Å². The number of hydrogen-bond donors (Lipinski definition) is 1. The molecule has 0 fully saturated rings. The second kappa shape index (κ2) is 7.53. The Bertz CT molecular complexity index is 828. The summed E-state index contributed by atoms with van der Waals surface area (Å²) in [5.74, 6) is 1.39. The van der Waals surface area contributed by atoms with Crippen LogP contribution < -0.4 is 15.2 Å². The van der Waals surface area contributed by atoms with E-state index in [1.165, 1.54) is 0 Å². The van der Waals surface area contributed by atoms with Crippen LogP contribution in [0.1, 0.15) is 12.6 Å². The molecule has 0 radical (unpaired) electrons. The number of rotatable bonds is 7. The second-order valence-electron chi connectivity index (χ2n) is 5.47. The Morgan fingerprint density at radius 1 is 1.12 bits per heavy atom. The number of primary amides is 1. The topological polar surface area (TPSA) is 87.6 Å². The van der Waals surface area contributed by atoms with Crippen molar-refractivity contribution in [3.05, 3.63) is 66.4 Å². The third-order valence-electron chi connectivity index (χ3n) is 3.54. The van der Waals surface area contributed by atoms with Crippen LogP contribution in [0.5, 0.6) is 11.5 Å². The molecule has 0 saturated carbocycles. The Labute approximate surface area is 145 Å². The van der Waals surface area contributed by atoms with E-state index in [-0.39, 0.29) is 6.61 Å². The van der Waals surface area contributed by atoms with Gasteiger partial charge in [0.15, 0.2) is 11.9 Å². The lowest BCUT2D eigenvalue weighted by Crippen LogP contribution is -2.30. The summed E-state index contributed by atoms with van der Waals surface area (Å²) in [6, 6.07) is 18.5. The minimum absolute atomic E-state index is 0.286. The summed E-state index contributed by atoms with van der Waals surface area (Å²) in [4.78, 5) is 11.0. The van der Waals surface area contributed by atoms with Gasteiger partial charge in [-0.1, -0.05) is 35.5 Å². The number of ether oxygens (including phenoxy) is 2. The van der Waals surface area contributed by atoms with Crippen molar-refractivity contribution in [1.29, 1.82) is 0 Å². The molecule has 1 atom stereocenters. The second-order valence-corrected chi connectivity index (χ2v) is 5.47. The Kier molecular flexibility index (Phi) is 4.99. The van der Waals surface area contributed by atoms with E-state index in [1.807, 2.05) is 36.4 Å². The van der Waals surface area contributed by atoms with Crippen molar-refractivity contribution in [2.24, 2.45) is 5.73 Å². The van der Waals surface area contributed by atoms with Crippen LogP contribution >= 0.6 is 0 Å². The van der Waals surface area contributed by atoms with E-state index in [1.54, 1.807) is 31.2 Å². The van der Waals surface area contributed by atoms with Crippen molar-refractivity contribution in [1.82, 2.24) is 5.16 Å². The van der Waals surface area contributed by atoms with Crippen molar-refractivity contribution >= 4 is 5.91 Å². The van der Waals surface area contributed by atoms with E-state index in [4.69, 9.17) is 19.7 Å². The highest BCUT2D eigenvalue weighted by Crippen LogP contribution is 2.22. The molecule has 0 bridgehead atoms. The molecule has 0 saturated heterocycles. The molecule has 1 heterocycles. The molecule has 3 aromatic rings. The van der Waals surface area contributed by atoms with Crippen LogP contribution in [0.4, 0.5) is 0 Å². The quantitative estimate of drug-likeness (QED) is 0.715. The first-order valence-corrected chi connectivity index (χ1v) is 7.81. The van der Waals surface area contributed by atoms with Gasteiger partial charge < -0.3 is 19.7 Å². The van der Waals surface area contributed by atoms with Gasteiger partial charge in [-0.2, -0.15) is 0 Å². The lowest BCUT2D eigenvalue weighted by Gasteiger charge is -2.11. The van der Waals surface area contributed by atoms with Crippen LogP contribution in [0.2, 0.25) is 0 Å². The predicted molar refractivity (Wildman–Crippen MR) is 92.0 cm³/mol. The summed E-state index contributed by atoms with van der Waals surface area (Å²) in [6.45, 7) is 1.88. The molecule has 0 aliphatic carbocycles. The molecule has 25 heavy (non-hydrogen) atoms. The fourth-order valence-corrected chi connectivity index (χ4v) is 2.15. The normalized spacial score (nSPS) is 11.7. The molecular weight excluding hydrogens is 320 g/mol. The van der Waals surface area contributed by atoms with E-state index in [0.29, 0.717) is 23.0 Å². The molecule has 0 aliphatic heterocycles. The van der Waals surface area contributed by atoms with Gasteiger partial charge in [0.25, 0.3) is 5.91 Å². The fraction of sp³-hybridized carbons (Fsp3) is 0.158. The zero-order valence-electron chi connectivity index (χ0n) is 13.7. The SMILES string of the molecule is C[C@H](Oc1ccc(OCc2cc(-c3ccccc3)on2)cc1)C(N)=O. The van der Waals surface area contributed by atoms with Crippen LogP contribution in [-0.4, -0.2) is 17.2 Å². The highest BCUT2D eigenvalue weighted by molar-refractivity contribution is 5.78. The largest absolute Gasteiger partial charge is 0.487 e. The van der Waals surface area contributed by atoms with E-state index in [0.717, 1.165) is 5.56 Å². The molecule has 6 heteroatoms. The van der Waals surface area contributed by atoms with Crippen molar-refractivity contribution in [2.45, 2.75) is 19.6 Å². The summed E-state index contributed by atoms with van der Waals surface area (Å²) in [5.41, 5.74) is 6.83. The molecule has 0 spiro atoms. The number of amides is 1. The number of nitrogens with two attached hydrogens (primary N) is 1. The maximum atomic E-state index is 11.0. The standard InChI is InChI=1S/C19H18N2O4/c1-13(19(20)22)24-17-9-7-16(8-10-17)23-12-15-11-18(25-21-15)14-5-3-2-4-6-14/h2-11,13H,12H2,1H3,(H2,20,22)/t13-/m0/s1. The first kappa shape index (κ1) is 16.6. The fourth-order valence-electron chi connectivity index (χ4n) is 2.15. The summed E-state index contributed by atoms with van der Waals surface area (Å²) in [6.07, 6.45) is -0.682. The van der Waals surface area contributed by atoms with Crippen molar-refractivity contribution in [2.75, 3.05) is 0 Å². The van der Waals surface area contributed by atoms with Crippen LogP contribution in [0.3, 0.4) is 0 Å². The Morgan fingerprint density at radius 3 is 2.48 bits per heavy atom. The lowest BCUT2D eigenvalue weighted by molar-refractivity contribution is -0.123. The maximum absolute atomic E-state index is 11.0. The molecule has 1 amide bonds. The van der Waals surface area contributed by atoms with Crippen LogP contribution in [-0.2, 0) is 11.4 Å². The van der Waals surface area contributed by atoms with Gasteiger partial charge in [-0.25, -0.2) is 0 Å². The third-order valence-corrected chi connectivity index (χ3v) is 3.54. The van der Waals surface area contributed by atoms with E-state index >= 15 is 0 Å². The van der Waals surface area contributed by atoms with E-state index in [9.17, 15) is 4.79 Å². The van der Waals surface area contributed by atoms with Gasteiger partial charge >= 0.3 is 0 Å². The highest BCUT2D eigenvalue weighted by Gasteiger charge is 2.10. The number of carbonyl (C=O) groups excluding carboxylic acids is 1. The highest BCUT2D eigenvalue weighted by atomic mass is 16.5. The van der Waals surface area contributed by atoms with Gasteiger partial charge in [0.05, 0.1) is 0 Å². The average molecular weight is 338 g/mol. The molecular formula is C19H18N2O4. The van der Waals surface area contributed by atoms with Gasteiger partial charge in [0, 0.05) is 11.6 Å². The summed E-state index contributed by atoms with van der Waals surface area (Å²) < 4.78 is 16.4. The molecule has 2 aromatic carbocycles. The zero-order chi connectivity index (χ0) is 17.6. The van der Waals surface area contributed by atoms with Crippen molar-refractivity contribution in [3.8, 4) is 22.8 Å². The molecule has 0 unspecified atom stereocenters. The maximum Gasteiger partial charge on any atom is 0.258 e. The van der Waals surface area contributed by atoms with Crippen molar-refractivity contribution in [3.63, 3.8) is 0 Å². The molecule has 1 aromatic heterocycles. The minimum atomic E-state index is -0.682. The average Bonchev–Trinajstić information content (AvgIpc) is 3.11. The number of nitrogens with zero attached hydrogens (tertiary/aromatic N) is 1. The first-order chi connectivity index (χ1) is 12.1. The van der Waals surface area contributed by atoms with Gasteiger partial charge in [0.2, 0.25) is 0 Å². The summed E-state index contributed by atoms with van der Waals surface area (Å²) in [7, 11) is 0. The zero-order valence-corrected chi connectivity index (χ0v) is 13.7. The number of carbonyl (C=O) groups is 1. The lowest BCUT2D eigenvalue weighted by atomic mass is 10.2. The molecule has 6 nitrogen and oxygen atoms in total. The number of benzene rings is 2.